The van der Waals surface area contributed by atoms with Crippen LogP contribution in [0.4, 0.5) is 4.79 Å². The van der Waals surface area contributed by atoms with E-state index in [2.05, 4.69) is 26.3 Å². The van der Waals surface area contributed by atoms with E-state index < -0.39 is 17.2 Å². The van der Waals surface area contributed by atoms with Gasteiger partial charge in [-0.15, -0.1) is 0 Å². The molecule has 0 bridgehead atoms. The predicted octanol–water partition coefficient (Wildman–Crippen LogP) is 2.68. The zero-order valence-electron chi connectivity index (χ0n) is 19.1. The first kappa shape index (κ1) is 25.0. The zero-order valence-corrected chi connectivity index (χ0v) is 19.1. The smallest absolute Gasteiger partial charge is 0.408 e. The van der Waals surface area contributed by atoms with Crippen molar-refractivity contribution in [2.24, 2.45) is 4.99 Å². The molecule has 4 N–H and O–H groups in total. The Morgan fingerprint density at radius 2 is 1.72 bits per heavy atom. The molecule has 0 saturated heterocycles. The Balaban J connectivity index is 2.56. The first-order valence-electron chi connectivity index (χ1n) is 11.0. The number of hydrogen-bond acceptors (Lipinski definition) is 4. The molecular weight excluding hydrogens is 370 g/mol. The largest absolute Gasteiger partial charge is 0.444 e. The molecule has 1 aliphatic carbocycles. The summed E-state index contributed by atoms with van der Waals surface area (Å²) >= 11 is 0. The summed E-state index contributed by atoms with van der Waals surface area (Å²) in [5.41, 5.74) is -1.00. The number of ether oxygens (including phenoxy) is 1. The third-order valence-electron chi connectivity index (χ3n) is 4.82. The van der Waals surface area contributed by atoms with Crippen molar-refractivity contribution < 1.29 is 14.3 Å². The highest BCUT2D eigenvalue weighted by molar-refractivity contribution is 5.80. The fourth-order valence-electron chi connectivity index (χ4n) is 2.77. The number of carbonyl (C=O) groups is 2. The molecule has 0 heterocycles. The molecular formula is C21H41N5O3. The van der Waals surface area contributed by atoms with Crippen LogP contribution in [-0.4, -0.2) is 54.8 Å². The molecule has 0 aromatic rings. The van der Waals surface area contributed by atoms with Crippen molar-refractivity contribution >= 4 is 18.0 Å². The molecule has 0 aromatic carbocycles. The van der Waals surface area contributed by atoms with E-state index in [0.29, 0.717) is 31.5 Å². The van der Waals surface area contributed by atoms with Crippen LogP contribution >= 0.6 is 0 Å². The average Bonchev–Trinajstić information content (AvgIpc) is 3.44. The molecule has 1 rings (SSSR count). The highest BCUT2D eigenvalue weighted by atomic mass is 16.6. The number of rotatable bonds is 11. The summed E-state index contributed by atoms with van der Waals surface area (Å²) in [6, 6.07) is 0.406. The molecule has 1 saturated carbocycles. The SMILES string of the molecule is CCNC(=NCC(CC)(CC)NC(=O)OC(C)(C)C)NCCCC(=O)NC1CC1. The molecule has 8 heteroatoms. The van der Waals surface area contributed by atoms with Crippen LogP contribution in [0.15, 0.2) is 4.99 Å². The van der Waals surface area contributed by atoms with Crippen molar-refractivity contribution in [3.8, 4) is 0 Å². The third-order valence-corrected chi connectivity index (χ3v) is 4.82. The molecule has 8 nitrogen and oxygen atoms in total. The number of nitrogens with one attached hydrogen (secondary N) is 4. The molecule has 168 valence electrons. The van der Waals surface area contributed by atoms with Crippen molar-refractivity contribution in [2.45, 2.75) is 97.2 Å². The van der Waals surface area contributed by atoms with Crippen molar-refractivity contribution in [1.29, 1.82) is 0 Å². The Labute approximate surface area is 176 Å². The Morgan fingerprint density at radius 1 is 1.07 bits per heavy atom. The fourth-order valence-corrected chi connectivity index (χ4v) is 2.77. The van der Waals surface area contributed by atoms with Gasteiger partial charge < -0.3 is 26.0 Å². The van der Waals surface area contributed by atoms with Gasteiger partial charge in [0.2, 0.25) is 5.91 Å². The number of carbonyl (C=O) groups excluding carboxylic acids is 2. The standard InChI is InChI=1S/C21H41N5O3/c1-7-21(8-2,26-19(28)29-20(4,5)6)15-24-18(22-9-3)23-14-10-11-17(27)25-16-12-13-16/h16H,7-15H2,1-6H3,(H,25,27)(H,26,28)(H2,22,23,24). The minimum atomic E-state index is -0.539. The van der Waals surface area contributed by atoms with Gasteiger partial charge in [-0.3, -0.25) is 9.79 Å². The minimum absolute atomic E-state index is 0.119. The predicted molar refractivity (Wildman–Crippen MR) is 117 cm³/mol. The summed E-state index contributed by atoms with van der Waals surface area (Å²) in [5.74, 6) is 0.807. The lowest BCUT2D eigenvalue weighted by Crippen LogP contribution is -2.52. The van der Waals surface area contributed by atoms with Gasteiger partial charge in [0, 0.05) is 25.6 Å². The van der Waals surface area contributed by atoms with E-state index in [4.69, 9.17) is 4.74 Å². The van der Waals surface area contributed by atoms with Crippen LogP contribution in [0.3, 0.4) is 0 Å². The van der Waals surface area contributed by atoms with Gasteiger partial charge in [-0.1, -0.05) is 13.8 Å². The molecule has 0 spiro atoms. The third kappa shape index (κ3) is 10.9. The highest BCUT2D eigenvalue weighted by Crippen LogP contribution is 2.19. The van der Waals surface area contributed by atoms with Crippen molar-refractivity contribution in [1.82, 2.24) is 21.3 Å². The quantitative estimate of drug-likeness (QED) is 0.238. The van der Waals surface area contributed by atoms with Gasteiger partial charge in [0.25, 0.3) is 0 Å². The summed E-state index contributed by atoms with van der Waals surface area (Å²) in [6.45, 7) is 13.5. The summed E-state index contributed by atoms with van der Waals surface area (Å²) in [5, 5.41) is 12.5. The second-order valence-electron chi connectivity index (χ2n) is 8.68. The van der Waals surface area contributed by atoms with Crippen LogP contribution in [0.5, 0.6) is 0 Å². The highest BCUT2D eigenvalue weighted by Gasteiger charge is 2.30. The van der Waals surface area contributed by atoms with Gasteiger partial charge >= 0.3 is 6.09 Å². The lowest BCUT2D eigenvalue weighted by molar-refractivity contribution is -0.121. The van der Waals surface area contributed by atoms with Crippen LogP contribution in [0.1, 0.15) is 80.1 Å². The van der Waals surface area contributed by atoms with E-state index in [9.17, 15) is 9.59 Å². The van der Waals surface area contributed by atoms with Crippen LogP contribution < -0.4 is 21.3 Å². The maximum Gasteiger partial charge on any atom is 0.408 e. The van der Waals surface area contributed by atoms with E-state index in [1.807, 2.05) is 41.5 Å². The van der Waals surface area contributed by atoms with E-state index in [0.717, 1.165) is 38.6 Å². The summed E-state index contributed by atoms with van der Waals surface area (Å²) in [4.78, 5) is 28.7. The summed E-state index contributed by atoms with van der Waals surface area (Å²) in [7, 11) is 0. The van der Waals surface area contributed by atoms with Gasteiger partial charge in [0.15, 0.2) is 5.96 Å². The van der Waals surface area contributed by atoms with Crippen molar-refractivity contribution in [2.75, 3.05) is 19.6 Å². The molecule has 0 atom stereocenters. The van der Waals surface area contributed by atoms with Crippen LogP contribution in [0.2, 0.25) is 0 Å². The Kier molecular flexibility index (Phi) is 10.3. The van der Waals surface area contributed by atoms with Gasteiger partial charge in [-0.25, -0.2) is 4.79 Å². The fraction of sp³-hybridized carbons (Fsp3) is 0.857. The van der Waals surface area contributed by atoms with Crippen LogP contribution in [0, 0.1) is 0 Å². The number of aliphatic imine (C=N–C) groups is 1. The van der Waals surface area contributed by atoms with Crippen molar-refractivity contribution in [3.05, 3.63) is 0 Å². The monoisotopic (exact) mass is 411 g/mol. The van der Waals surface area contributed by atoms with E-state index >= 15 is 0 Å². The van der Waals surface area contributed by atoms with Gasteiger partial charge in [0.1, 0.15) is 5.60 Å². The minimum Gasteiger partial charge on any atom is -0.444 e. The maximum atomic E-state index is 12.3. The number of amides is 2. The van der Waals surface area contributed by atoms with E-state index in [-0.39, 0.29) is 5.91 Å². The molecule has 0 aliphatic heterocycles. The Morgan fingerprint density at radius 3 is 2.24 bits per heavy atom. The molecule has 0 radical (unpaired) electrons. The average molecular weight is 412 g/mol. The van der Waals surface area contributed by atoms with Crippen molar-refractivity contribution in [3.63, 3.8) is 0 Å². The number of guanidine groups is 1. The van der Waals surface area contributed by atoms with E-state index in [1.54, 1.807) is 0 Å². The molecule has 29 heavy (non-hydrogen) atoms. The first-order chi connectivity index (χ1) is 13.6. The number of hydrogen-bond donors (Lipinski definition) is 4. The van der Waals surface area contributed by atoms with Gasteiger partial charge in [0.05, 0.1) is 12.1 Å². The molecule has 0 aromatic heterocycles. The molecule has 2 amide bonds. The topological polar surface area (TPSA) is 104 Å². The molecule has 1 aliphatic rings. The Bertz CT molecular complexity index is 549. The Hall–Kier alpha value is -1.99. The summed E-state index contributed by atoms with van der Waals surface area (Å²) in [6.07, 6.45) is 4.53. The van der Waals surface area contributed by atoms with E-state index in [1.165, 1.54) is 0 Å². The zero-order chi connectivity index (χ0) is 21.9. The lowest BCUT2D eigenvalue weighted by Gasteiger charge is -2.32. The lowest BCUT2D eigenvalue weighted by atomic mass is 9.93. The second-order valence-corrected chi connectivity index (χ2v) is 8.68. The first-order valence-corrected chi connectivity index (χ1v) is 11.0. The van der Waals surface area contributed by atoms with Gasteiger partial charge in [-0.05, 0) is 59.8 Å². The molecule has 0 unspecified atom stereocenters. The summed E-state index contributed by atoms with van der Waals surface area (Å²) < 4.78 is 5.42. The normalized spacial score (nSPS) is 14.9. The van der Waals surface area contributed by atoms with Crippen LogP contribution in [-0.2, 0) is 9.53 Å². The number of nitrogens with zero attached hydrogens (tertiary/aromatic N) is 1. The maximum absolute atomic E-state index is 12.3. The second kappa shape index (κ2) is 11.9. The van der Waals surface area contributed by atoms with Crippen LogP contribution in [0.25, 0.3) is 0 Å². The molecule has 1 fully saturated rings. The number of alkyl carbamates (subject to hydrolysis) is 1. The van der Waals surface area contributed by atoms with Gasteiger partial charge in [-0.2, -0.15) is 0 Å².